The molecule has 2 unspecified atom stereocenters. The first-order valence-corrected chi connectivity index (χ1v) is 14.2. The van der Waals surface area contributed by atoms with E-state index in [1.54, 1.807) is 0 Å². The Labute approximate surface area is 246 Å². The summed E-state index contributed by atoms with van der Waals surface area (Å²) < 4.78 is 2.27. The number of nitrogens with one attached hydrogen (secondary N) is 2. The fourth-order valence-electron chi connectivity index (χ4n) is 5.46. The Bertz CT molecular complexity index is 1600. The average molecular weight is 572 g/mol. The SMILES string of the molecule is Cc1cc(N2C(=S)NC(c3ccccn3)C2c2cc(C)n(-c3cccc(Cl)c3C)c2C)ccc1NC(=O)C(C)C. The van der Waals surface area contributed by atoms with Gasteiger partial charge in [-0.2, -0.15) is 0 Å². The molecule has 6 nitrogen and oxygen atoms in total. The second-order valence-electron chi connectivity index (χ2n) is 10.7. The molecule has 1 fully saturated rings. The van der Waals surface area contributed by atoms with Gasteiger partial charge in [-0.25, -0.2) is 0 Å². The third-order valence-corrected chi connectivity index (χ3v) is 8.36. The Hall–Kier alpha value is -3.68. The third-order valence-electron chi connectivity index (χ3n) is 7.64. The minimum Gasteiger partial charge on any atom is -0.351 e. The van der Waals surface area contributed by atoms with E-state index in [9.17, 15) is 4.79 Å². The van der Waals surface area contributed by atoms with Crippen LogP contribution in [0.3, 0.4) is 0 Å². The lowest BCUT2D eigenvalue weighted by atomic mass is 9.96. The van der Waals surface area contributed by atoms with Gasteiger partial charge in [0.15, 0.2) is 5.11 Å². The standard InChI is InChI=1S/C32H34ClN5OS/c1-18(2)31(39)35-26-14-13-23(16-19(26)3)38-30(29(36-32(38)40)27-11-7-8-15-34-27)24-17-20(4)37(22(24)6)28-12-9-10-25(33)21(28)5/h7-18,29-30H,1-6H3,(H,35,39)(H,36,40). The number of rotatable bonds is 6. The van der Waals surface area contributed by atoms with Crippen LogP contribution < -0.4 is 15.5 Å². The number of aromatic nitrogens is 2. The van der Waals surface area contributed by atoms with Gasteiger partial charge in [0, 0.05) is 45.6 Å². The van der Waals surface area contributed by atoms with Crippen molar-refractivity contribution in [1.29, 1.82) is 0 Å². The Kier molecular flexibility index (Phi) is 7.71. The summed E-state index contributed by atoms with van der Waals surface area (Å²) in [7, 11) is 0. The smallest absolute Gasteiger partial charge is 0.226 e. The second kappa shape index (κ2) is 11.1. The van der Waals surface area contributed by atoms with E-state index in [0.717, 1.165) is 55.9 Å². The number of benzene rings is 2. The normalized spacial score (nSPS) is 16.9. The highest BCUT2D eigenvalue weighted by atomic mass is 35.5. The van der Waals surface area contributed by atoms with Crippen LogP contribution >= 0.6 is 23.8 Å². The number of hydrogen-bond acceptors (Lipinski definition) is 3. The zero-order valence-corrected chi connectivity index (χ0v) is 25.2. The van der Waals surface area contributed by atoms with Crippen LogP contribution in [0.5, 0.6) is 0 Å². The molecule has 8 heteroatoms. The Morgan fingerprint density at radius 2 is 1.82 bits per heavy atom. The van der Waals surface area contributed by atoms with Gasteiger partial charge in [0.1, 0.15) is 0 Å². The molecular weight excluding hydrogens is 538 g/mol. The number of carbonyl (C=O) groups is 1. The summed E-state index contributed by atoms with van der Waals surface area (Å²) in [5.41, 5.74) is 9.09. The molecule has 2 aromatic carbocycles. The van der Waals surface area contributed by atoms with Gasteiger partial charge in [-0.1, -0.05) is 37.6 Å². The summed E-state index contributed by atoms with van der Waals surface area (Å²) in [4.78, 5) is 19.2. The van der Waals surface area contributed by atoms with E-state index in [1.165, 1.54) is 0 Å². The van der Waals surface area contributed by atoms with Gasteiger partial charge in [0.05, 0.1) is 17.8 Å². The van der Waals surface area contributed by atoms with Crippen molar-refractivity contribution in [2.24, 2.45) is 5.92 Å². The second-order valence-corrected chi connectivity index (χ2v) is 11.5. The van der Waals surface area contributed by atoms with Crippen LogP contribution in [-0.4, -0.2) is 20.6 Å². The highest BCUT2D eigenvalue weighted by Gasteiger charge is 2.42. The summed E-state index contributed by atoms with van der Waals surface area (Å²) in [6.07, 6.45) is 1.81. The molecule has 0 bridgehead atoms. The summed E-state index contributed by atoms with van der Waals surface area (Å²) >= 11 is 12.5. The Balaban J connectivity index is 1.64. The first kappa shape index (κ1) is 27.9. The van der Waals surface area contributed by atoms with E-state index >= 15 is 0 Å². The monoisotopic (exact) mass is 571 g/mol. The molecule has 5 rings (SSSR count). The molecule has 2 N–H and O–H groups in total. The molecule has 2 atom stereocenters. The van der Waals surface area contributed by atoms with Crippen molar-refractivity contribution in [1.82, 2.24) is 14.9 Å². The fraction of sp³-hybridized carbons (Fsp3) is 0.281. The third kappa shape index (κ3) is 5.00. The van der Waals surface area contributed by atoms with Gasteiger partial charge in [-0.3, -0.25) is 9.78 Å². The molecule has 1 aliphatic rings. The van der Waals surface area contributed by atoms with Gasteiger partial charge in [0.2, 0.25) is 5.91 Å². The van der Waals surface area contributed by atoms with Crippen molar-refractivity contribution >= 4 is 46.2 Å². The number of anilines is 2. The number of hydrogen-bond donors (Lipinski definition) is 2. The molecule has 0 saturated carbocycles. The van der Waals surface area contributed by atoms with Gasteiger partial charge in [0.25, 0.3) is 0 Å². The number of pyridine rings is 1. The predicted octanol–water partition coefficient (Wildman–Crippen LogP) is 7.53. The molecule has 4 aromatic rings. The molecule has 206 valence electrons. The van der Waals surface area contributed by atoms with Gasteiger partial charge < -0.3 is 20.1 Å². The number of amides is 1. The van der Waals surface area contributed by atoms with Crippen LogP contribution in [0.1, 0.15) is 59.7 Å². The lowest BCUT2D eigenvalue weighted by Gasteiger charge is -2.29. The minimum absolute atomic E-state index is 0.00829. The Morgan fingerprint density at radius 3 is 2.50 bits per heavy atom. The van der Waals surface area contributed by atoms with Gasteiger partial charge in [-0.05, 0) is 105 Å². The van der Waals surface area contributed by atoms with E-state index in [1.807, 2.05) is 76.4 Å². The number of carbonyl (C=O) groups excluding carboxylic acids is 1. The predicted molar refractivity (Wildman–Crippen MR) is 168 cm³/mol. The van der Waals surface area contributed by atoms with Crippen molar-refractivity contribution in [3.05, 3.63) is 106 Å². The lowest BCUT2D eigenvalue weighted by molar-refractivity contribution is -0.118. The lowest BCUT2D eigenvalue weighted by Crippen LogP contribution is -2.29. The van der Waals surface area contributed by atoms with Gasteiger partial charge in [-0.15, -0.1) is 0 Å². The maximum atomic E-state index is 12.4. The van der Waals surface area contributed by atoms with Crippen molar-refractivity contribution in [2.45, 2.75) is 53.6 Å². The molecule has 0 radical (unpaired) electrons. The molecule has 2 aromatic heterocycles. The summed E-state index contributed by atoms with van der Waals surface area (Å²) in [5, 5.41) is 7.96. The van der Waals surface area contributed by atoms with E-state index in [4.69, 9.17) is 28.8 Å². The van der Waals surface area contributed by atoms with Crippen LogP contribution in [0, 0.1) is 33.6 Å². The maximum Gasteiger partial charge on any atom is 0.226 e. The van der Waals surface area contributed by atoms with Crippen molar-refractivity contribution < 1.29 is 4.79 Å². The summed E-state index contributed by atoms with van der Waals surface area (Å²) in [5.74, 6) is -0.109. The first-order valence-electron chi connectivity index (χ1n) is 13.4. The zero-order valence-electron chi connectivity index (χ0n) is 23.6. The van der Waals surface area contributed by atoms with Gasteiger partial charge >= 0.3 is 0 Å². The molecule has 1 amide bonds. The quantitative estimate of drug-likeness (QED) is 0.234. The summed E-state index contributed by atoms with van der Waals surface area (Å²) in [6, 6.07) is 19.9. The molecular formula is C32H34ClN5OS. The van der Waals surface area contributed by atoms with Crippen LogP contribution in [0.4, 0.5) is 11.4 Å². The van der Waals surface area contributed by atoms with E-state index in [2.05, 4.69) is 52.1 Å². The highest BCUT2D eigenvalue weighted by Crippen LogP contribution is 2.44. The molecule has 0 spiro atoms. The molecule has 1 saturated heterocycles. The number of thiocarbonyl (C=S) groups is 1. The van der Waals surface area contributed by atoms with Crippen LogP contribution in [-0.2, 0) is 4.79 Å². The minimum atomic E-state index is -0.163. The number of aryl methyl sites for hydroxylation is 2. The van der Waals surface area contributed by atoms with E-state index in [-0.39, 0.29) is 23.9 Å². The van der Waals surface area contributed by atoms with Crippen molar-refractivity contribution in [2.75, 3.05) is 10.2 Å². The largest absolute Gasteiger partial charge is 0.351 e. The van der Waals surface area contributed by atoms with Crippen LogP contribution in [0.15, 0.2) is 66.9 Å². The van der Waals surface area contributed by atoms with E-state index < -0.39 is 0 Å². The average Bonchev–Trinajstić information content (AvgIpc) is 3.42. The Morgan fingerprint density at radius 1 is 1.05 bits per heavy atom. The highest BCUT2D eigenvalue weighted by molar-refractivity contribution is 7.80. The fourth-order valence-corrected chi connectivity index (χ4v) is 5.98. The molecule has 3 heterocycles. The topological polar surface area (TPSA) is 62.2 Å². The molecule has 40 heavy (non-hydrogen) atoms. The number of nitrogens with zero attached hydrogens (tertiary/aromatic N) is 3. The van der Waals surface area contributed by atoms with E-state index in [0.29, 0.717) is 5.11 Å². The molecule has 0 aliphatic carbocycles. The molecule has 1 aliphatic heterocycles. The summed E-state index contributed by atoms with van der Waals surface area (Å²) in [6.45, 7) is 12.1. The number of halogens is 1. The van der Waals surface area contributed by atoms with Crippen LogP contribution in [0.25, 0.3) is 5.69 Å². The van der Waals surface area contributed by atoms with Crippen molar-refractivity contribution in [3.8, 4) is 5.69 Å². The van der Waals surface area contributed by atoms with Crippen molar-refractivity contribution in [3.63, 3.8) is 0 Å². The van der Waals surface area contributed by atoms with Crippen LogP contribution in [0.2, 0.25) is 5.02 Å². The zero-order chi connectivity index (χ0) is 28.7. The first-order chi connectivity index (χ1) is 19.1. The maximum absolute atomic E-state index is 12.4.